The Bertz CT molecular complexity index is 755. The monoisotopic (exact) mass is 220 g/mol. The third-order valence-corrected chi connectivity index (χ3v) is 3.04. The number of H-pyrrole nitrogens is 1. The van der Waals surface area contributed by atoms with Gasteiger partial charge in [-0.25, -0.2) is 0 Å². The van der Waals surface area contributed by atoms with Crippen LogP contribution in [0.25, 0.3) is 22.0 Å². The van der Waals surface area contributed by atoms with Crippen LogP contribution in [-0.2, 0) is 0 Å². The lowest BCUT2D eigenvalue weighted by atomic mass is 10.0. The van der Waals surface area contributed by atoms with Crippen LogP contribution < -0.4 is 0 Å². The van der Waals surface area contributed by atoms with E-state index in [0.29, 0.717) is 0 Å². The number of azo groups is 1. The highest BCUT2D eigenvalue weighted by Crippen LogP contribution is 2.42. The number of nitrogens with zero attached hydrogens (tertiary/aromatic N) is 3. The van der Waals surface area contributed by atoms with Gasteiger partial charge in [-0.2, -0.15) is 0 Å². The Labute approximate surface area is 97.0 Å². The van der Waals surface area contributed by atoms with Crippen LogP contribution in [-0.4, -0.2) is 9.97 Å². The summed E-state index contributed by atoms with van der Waals surface area (Å²) < 4.78 is 0. The molecule has 0 aliphatic carbocycles. The van der Waals surface area contributed by atoms with Gasteiger partial charge < -0.3 is 4.98 Å². The van der Waals surface area contributed by atoms with Crippen molar-refractivity contribution in [3.63, 3.8) is 0 Å². The smallest absolute Gasteiger partial charge is 0.112 e. The molecule has 3 heterocycles. The SMILES string of the molecule is c1cc2c3c(c[nH]c3c1)N=Nc1cnccc1-2. The summed E-state index contributed by atoms with van der Waals surface area (Å²) in [4.78, 5) is 7.30. The lowest BCUT2D eigenvalue weighted by molar-refractivity contribution is 1.21. The van der Waals surface area contributed by atoms with E-state index >= 15 is 0 Å². The van der Waals surface area contributed by atoms with E-state index in [-0.39, 0.29) is 0 Å². The molecule has 4 rings (SSSR count). The lowest BCUT2D eigenvalue weighted by Crippen LogP contribution is -1.80. The van der Waals surface area contributed by atoms with Gasteiger partial charge in [0.25, 0.3) is 0 Å². The van der Waals surface area contributed by atoms with E-state index in [0.717, 1.165) is 33.4 Å². The molecule has 1 aliphatic heterocycles. The van der Waals surface area contributed by atoms with Gasteiger partial charge in [-0.05, 0) is 17.7 Å². The van der Waals surface area contributed by atoms with Gasteiger partial charge in [-0.1, -0.05) is 12.1 Å². The molecule has 1 aliphatic rings. The largest absolute Gasteiger partial charge is 0.359 e. The van der Waals surface area contributed by atoms with Gasteiger partial charge in [0, 0.05) is 28.9 Å². The molecule has 0 spiro atoms. The summed E-state index contributed by atoms with van der Waals surface area (Å²) in [5.74, 6) is 0. The fraction of sp³-hybridized carbons (Fsp3) is 0. The number of aromatic amines is 1. The topological polar surface area (TPSA) is 53.4 Å². The molecule has 17 heavy (non-hydrogen) atoms. The van der Waals surface area contributed by atoms with E-state index in [4.69, 9.17) is 0 Å². The second kappa shape index (κ2) is 3.01. The zero-order valence-electron chi connectivity index (χ0n) is 8.88. The van der Waals surface area contributed by atoms with Gasteiger partial charge in [-0.3, -0.25) is 4.98 Å². The van der Waals surface area contributed by atoms with Crippen LogP contribution in [0.3, 0.4) is 0 Å². The summed E-state index contributed by atoms with van der Waals surface area (Å²) >= 11 is 0. The van der Waals surface area contributed by atoms with Gasteiger partial charge in [0.05, 0.1) is 6.20 Å². The van der Waals surface area contributed by atoms with E-state index in [1.165, 1.54) is 0 Å². The van der Waals surface area contributed by atoms with E-state index in [2.05, 4.69) is 26.3 Å². The number of hydrogen-bond acceptors (Lipinski definition) is 3. The zero-order valence-corrected chi connectivity index (χ0v) is 8.88. The first kappa shape index (κ1) is 8.64. The highest BCUT2D eigenvalue weighted by molar-refractivity contribution is 6.05. The van der Waals surface area contributed by atoms with Crippen molar-refractivity contribution in [2.24, 2.45) is 10.2 Å². The van der Waals surface area contributed by atoms with Crippen molar-refractivity contribution in [1.29, 1.82) is 0 Å². The summed E-state index contributed by atoms with van der Waals surface area (Å²) in [6.45, 7) is 0. The van der Waals surface area contributed by atoms with Gasteiger partial charge in [0.2, 0.25) is 0 Å². The van der Waals surface area contributed by atoms with Crippen LogP contribution in [0.15, 0.2) is 53.1 Å². The standard InChI is InChI=1S/C13H8N4/c1-2-9-8-4-5-14-6-11(8)16-17-12-7-15-10(3-1)13(9)12/h1-7,15H. The third-order valence-electron chi connectivity index (χ3n) is 3.04. The number of nitrogens with one attached hydrogen (secondary N) is 1. The van der Waals surface area contributed by atoms with Crippen molar-refractivity contribution in [2.75, 3.05) is 0 Å². The molecule has 80 valence electrons. The van der Waals surface area contributed by atoms with E-state index < -0.39 is 0 Å². The molecule has 0 amide bonds. The molecule has 0 saturated carbocycles. The number of benzene rings is 1. The van der Waals surface area contributed by atoms with Gasteiger partial charge in [-0.15, -0.1) is 10.2 Å². The van der Waals surface area contributed by atoms with Crippen LogP contribution in [0.2, 0.25) is 0 Å². The number of fused-ring (bicyclic) bond motifs is 2. The van der Waals surface area contributed by atoms with Gasteiger partial charge >= 0.3 is 0 Å². The number of aromatic nitrogens is 2. The number of hydrogen-bond donors (Lipinski definition) is 1. The van der Waals surface area contributed by atoms with Crippen molar-refractivity contribution in [3.05, 3.63) is 42.9 Å². The molecule has 0 fully saturated rings. The molecule has 4 nitrogen and oxygen atoms in total. The minimum absolute atomic E-state index is 0.816. The third kappa shape index (κ3) is 1.09. The summed E-state index contributed by atoms with van der Waals surface area (Å²) in [6.07, 6.45) is 5.41. The number of rotatable bonds is 0. The first-order chi connectivity index (χ1) is 8.43. The average Bonchev–Trinajstić information content (AvgIpc) is 2.72. The Hall–Kier alpha value is -2.49. The molecule has 0 atom stereocenters. The predicted octanol–water partition coefficient (Wildman–Crippen LogP) is 3.96. The molecule has 4 heteroatoms. The number of pyridine rings is 1. The van der Waals surface area contributed by atoms with Crippen molar-refractivity contribution in [1.82, 2.24) is 9.97 Å². The molecule has 1 aromatic carbocycles. The van der Waals surface area contributed by atoms with E-state index in [1.807, 2.05) is 24.4 Å². The molecular formula is C13H8N4. The predicted molar refractivity (Wildman–Crippen MR) is 65.7 cm³/mol. The Balaban J connectivity index is 2.24. The second-order valence-corrected chi connectivity index (χ2v) is 3.99. The summed E-state index contributed by atoms with van der Waals surface area (Å²) in [5.41, 5.74) is 5.01. The van der Waals surface area contributed by atoms with Crippen LogP contribution in [0, 0.1) is 0 Å². The van der Waals surface area contributed by atoms with Crippen molar-refractivity contribution in [2.45, 2.75) is 0 Å². The quantitative estimate of drug-likeness (QED) is 0.479. The summed E-state index contributed by atoms with van der Waals surface area (Å²) in [7, 11) is 0. The van der Waals surface area contributed by atoms with Crippen molar-refractivity contribution < 1.29 is 0 Å². The molecular weight excluding hydrogens is 212 g/mol. The molecule has 2 aromatic heterocycles. The molecule has 3 aromatic rings. The zero-order chi connectivity index (χ0) is 11.2. The Morgan fingerprint density at radius 3 is 2.88 bits per heavy atom. The Morgan fingerprint density at radius 2 is 1.88 bits per heavy atom. The van der Waals surface area contributed by atoms with E-state index in [9.17, 15) is 0 Å². The maximum absolute atomic E-state index is 4.26. The van der Waals surface area contributed by atoms with Gasteiger partial charge in [0.1, 0.15) is 11.4 Å². The Kier molecular flexibility index (Phi) is 1.53. The summed E-state index contributed by atoms with van der Waals surface area (Å²) in [5, 5.41) is 9.63. The Morgan fingerprint density at radius 1 is 0.941 bits per heavy atom. The van der Waals surface area contributed by atoms with E-state index in [1.54, 1.807) is 12.4 Å². The minimum atomic E-state index is 0.816. The van der Waals surface area contributed by atoms with Crippen LogP contribution in [0.5, 0.6) is 0 Å². The molecule has 0 bridgehead atoms. The fourth-order valence-corrected chi connectivity index (χ4v) is 2.27. The second-order valence-electron chi connectivity index (χ2n) is 3.99. The fourth-order valence-electron chi connectivity index (χ4n) is 2.27. The van der Waals surface area contributed by atoms with Crippen LogP contribution in [0.1, 0.15) is 0 Å². The molecule has 0 unspecified atom stereocenters. The first-order valence-electron chi connectivity index (χ1n) is 5.40. The molecule has 0 saturated heterocycles. The molecule has 0 radical (unpaired) electrons. The normalized spacial score (nSPS) is 12.5. The van der Waals surface area contributed by atoms with Crippen molar-refractivity contribution >= 4 is 22.3 Å². The molecule has 1 N–H and O–H groups in total. The average molecular weight is 220 g/mol. The highest BCUT2D eigenvalue weighted by Gasteiger charge is 2.15. The maximum atomic E-state index is 4.26. The minimum Gasteiger partial charge on any atom is -0.359 e. The highest BCUT2D eigenvalue weighted by atomic mass is 15.1. The van der Waals surface area contributed by atoms with Crippen LogP contribution in [0.4, 0.5) is 11.4 Å². The lowest BCUT2D eigenvalue weighted by Gasteiger charge is -2.04. The summed E-state index contributed by atoms with van der Waals surface area (Å²) in [6, 6.07) is 8.15. The van der Waals surface area contributed by atoms with Crippen LogP contribution >= 0.6 is 0 Å². The first-order valence-corrected chi connectivity index (χ1v) is 5.40. The van der Waals surface area contributed by atoms with Crippen molar-refractivity contribution in [3.8, 4) is 11.1 Å². The van der Waals surface area contributed by atoms with Gasteiger partial charge in [0.15, 0.2) is 0 Å². The maximum Gasteiger partial charge on any atom is 0.112 e.